The quantitative estimate of drug-likeness (QED) is 0.431. The van der Waals surface area contributed by atoms with Crippen molar-refractivity contribution in [1.29, 1.82) is 0 Å². The predicted octanol–water partition coefficient (Wildman–Crippen LogP) is 5.12. The summed E-state index contributed by atoms with van der Waals surface area (Å²) in [4.78, 5) is 30.0. The summed E-state index contributed by atoms with van der Waals surface area (Å²) in [7, 11) is 0. The molecule has 3 atom stereocenters. The van der Waals surface area contributed by atoms with Gasteiger partial charge in [-0.25, -0.2) is 27.9 Å². The highest BCUT2D eigenvalue weighted by atomic mass is 19.4. The van der Waals surface area contributed by atoms with Crippen LogP contribution in [0, 0.1) is 11.8 Å². The number of urea groups is 1. The van der Waals surface area contributed by atoms with Gasteiger partial charge in [0.05, 0.1) is 30.7 Å². The summed E-state index contributed by atoms with van der Waals surface area (Å²) in [6, 6.07) is -2.55. The highest BCUT2D eigenvalue weighted by molar-refractivity contribution is 5.77. The smallest absolute Gasteiger partial charge is 0.425 e. The summed E-state index contributed by atoms with van der Waals surface area (Å²) >= 11 is 0. The Labute approximate surface area is 227 Å². The monoisotopic (exact) mass is 598 g/mol. The van der Waals surface area contributed by atoms with Crippen LogP contribution in [-0.2, 0) is 11.3 Å². The molecule has 9 nitrogen and oxygen atoms in total. The fourth-order valence-electron chi connectivity index (χ4n) is 5.24. The number of alkyl halides is 8. The standard InChI is InChI=1S/C24H26F8N6O3/c25-22(26)5-3-13(4-6-22)18(36-21(40)41-19(14-1-2-14)24(30,31)32)15-10-38-17(34-15)7-12(8-33-38)9-37-11-16(23(27,28)29)35-20(37)39/h7-8,10,13-14,16,18-19H,1-6,9,11H2,(H,35,39)(H,36,40)/t16-,18-,19?/m0/s1. The minimum atomic E-state index is -4.77. The van der Waals surface area contributed by atoms with E-state index in [-0.39, 0.29) is 43.6 Å². The van der Waals surface area contributed by atoms with Crippen LogP contribution in [0.4, 0.5) is 44.7 Å². The summed E-state index contributed by atoms with van der Waals surface area (Å²) < 4.78 is 113. The first kappa shape index (κ1) is 29.1. The fourth-order valence-corrected chi connectivity index (χ4v) is 5.24. The number of aromatic nitrogens is 3. The van der Waals surface area contributed by atoms with Gasteiger partial charge in [-0.2, -0.15) is 31.4 Å². The van der Waals surface area contributed by atoms with Gasteiger partial charge in [0.25, 0.3) is 0 Å². The van der Waals surface area contributed by atoms with Crippen LogP contribution in [0.15, 0.2) is 18.5 Å². The van der Waals surface area contributed by atoms with E-state index in [0.29, 0.717) is 5.56 Å². The van der Waals surface area contributed by atoms with Gasteiger partial charge in [-0.1, -0.05) is 0 Å². The number of rotatable bonds is 7. The molecule has 3 amide bonds. The van der Waals surface area contributed by atoms with Crippen LogP contribution < -0.4 is 10.6 Å². The zero-order valence-electron chi connectivity index (χ0n) is 21.3. The van der Waals surface area contributed by atoms with Crippen molar-refractivity contribution < 1.29 is 49.4 Å². The van der Waals surface area contributed by atoms with Crippen LogP contribution in [0.2, 0.25) is 0 Å². The SMILES string of the molecule is O=C(N[C@H](c1cn2ncc(CN3C[C@@H](C(F)(F)F)NC3=O)cc2n1)C1CCC(F)(F)CC1)OC(C1CC1)C(F)(F)F. The molecule has 0 radical (unpaired) electrons. The third-order valence-corrected chi connectivity index (χ3v) is 7.58. The fraction of sp³-hybridized carbons (Fsp3) is 0.667. The number of nitrogens with zero attached hydrogens (tertiary/aromatic N) is 4. The molecule has 3 heterocycles. The molecule has 226 valence electrons. The van der Waals surface area contributed by atoms with E-state index >= 15 is 0 Å². The van der Waals surface area contributed by atoms with Gasteiger partial charge in [-0.15, -0.1) is 0 Å². The molecule has 1 aliphatic heterocycles. The highest BCUT2D eigenvalue weighted by Crippen LogP contribution is 2.43. The molecular weight excluding hydrogens is 572 g/mol. The molecular formula is C24H26F8N6O3. The number of nitrogens with one attached hydrogen (secondary N) is 2. The minimum Gasteiger partial charge on any atom is -0.436 e. The lowest BCUT2D eigenvalue weighted by molar-refractivity contribution is -0.209. The maximum atomic E-state index is 13.8. The number of hydrogen-bond acceptors (Lipinski definition) is 5. The van der Waals surface area contributed by atoms with E-state index in [9.17, 15) is 44.7 Å². The van der Waals surface area contributed by atoms with Crippen molar-refractivity contribution in [1.82, 2.24) is 30.1 Å². The molecule has 0 spiro atoms. The molecule has 2 saturated carbocycles. The largest absolute Gasteiger partial charge is 0.436 e. The molecule has 2 aromatic rings. The third kappa shape index (κ3) is 6.74. The maximum Gasteiger partial charge on any atom is 0.425 e. The Balaban J connectivity index is 1.35. The number of fused-ring (bicyclic) bond motifs is 1. The van der Waals surface area contributed by atoms with E-state index in [4.69, 9.17) is 4.74 Å². The van der Waals surface area contributed by atoms with Crippen LogP contribution in [-0.4, -0.2) is 68.6 Å². The predicted molar refractivity (Wildman–Crippen MR) is 124 cm³/mol. The minimum absolute atomic E-state index is 0.0414. The lowest BCUT2D eigenvalue weighted by Crippen LogP contribution is -2.42. The van der Waals surface area contributed by atoms with Crippen LogP contribution in [0.5, 0.6) is 0 Å². The van der Waals surface area contributed by atoms with E-state index in [1.807, 2.05) is 5.32 Å². The van der Waals surface area contributed by atoms with Gasteiger partial charge < -0.3 is 20.3 Å². The van der Waals surface area contributed by atoms with Crippen LogP contribution in [0.25, 0.3) is 5.65 Å². The lowest BCUT2D eigenvalue weighted by atomic mass is 9.81. The Morgan fingerprint density at radius 1 is 1.12 bits per heavy atom. The topological polar surface area (TPSA) is 101 Å². The van der Waals surface area contributed by atoms with E-state index in [0.717, 1.165) is 4.90 Å². The molecule has 1 unspecified atom stereocenters. The molecule has 0 aromatic carbocycles. The van der Waals surface area contributed by atoms with Crippen molar-refractivity contribution in [3.63, 3.8) is 0 Å². The van der Waals surface area contributed by atoms with Crippen molar-refractivity contribution in [2.45, 2.75) is 81.5 Å². The van der Waals surface area contributed by atoms with Gasteiger partial charge in [0.15, 0.2) is 5.65 Å². The highest BCUT2D eigenvalue weighted by Gasteiger charge is 2.52. The summed E-state index contributed by atoms with van der Waals surface area (Å²) in [5, 5.41) is 8.40. The Morgan fingerprint density at radius 2 is 1.80 bits per heavy atom. The van der Waals surface area contributed by atoms with Crippen molar-refractivity contribution in [3.05, 3.63) is 29.7 Å². The zero-order chi connectivity index (χ0) is 29.7. The van der Waals surface area contributed by atoms with Gasteiger partial charge in [-0.3, -0.25) is 0 Å². The molecule has 3 aliphatic rings. The average molecular weight is 598 g/mol. The van der Waals surface area contributed by atoms with E-state index in [2.05, 4.69) is 15.4 Å². The molecule has 5 rings (SSSR count). The normalized spacial score (nSPS) is 23.4. The van der Waals surface area contributed by atoms with Gasteiger partial charge in [0.2, 0.25) is 12.0 Å². The average Bonchev–Trinajstić information content (AvgIpc) is 3.50. The summed E-state index contributed by atoms with van der Waals surface area (Å²) in [5.74, 6) is -4.34. The zero-order valence-corrected chi connectivity index (χ0v) is 21.3. The first-order valence-electron chi connectivity index (χ1n) is 13.0. The molecule has 1 saturated heterocycles. The van der Waals surface area contributed by atoms with E-state index < -0.39 is 79.8 Å². The Kier molecular flexibility index (Phi) is 7.42. The van der Waals surface area contributed by atoms with E-state index in [1.165, 1.54) is 23.0 Å². The maximum absolute atomic E-state index is 13.8. The molecule has 41 heavy (non-hydrogen) atoms. The Hall–Kier alpha value is -3.40. The third-order valence-electron chi connectivity index (χ3n) is 7.58. The van der Waals surface area contributed by atoms with E-state index in [1.54, 1.807) is 0 Å². The second-order valence-corrected chi connectivity index (χ2v) is 10.8. The number of carbonyl (C=O) groups excluding carboxylic acids is 2. The first-order valence-corrected chi connectivity index (χ1v) is 13.0. The van der Waals surface area contributed by atoms with Gasteiger partial charge in [0, 0.05) is 25.3 Å². The molecule has 2 aromatic heterocycles. The number of amides is 3. The summed E-state index contributed by atoms with van der Waals surface area (Å²) in [6.07, 6.45) is -10.9. The van der Waals surface area contributed by atoms with Crippen molar-refractivity contribution >= 4 is 17.8 Å². The number of ether oxygens (including phenoxy) is 1. The van der Waals surface area contributed by atoms with Crippen molar-refractivity contribution in [3.8, 4) is 0 Å². The molecule has 2 N–H and O–H groups in total. The van der Waals surface area contributed by atoms with Crippen LogP contribution >= 0.6 is 0 Å². The number of halogens is 8. The van der Waals surface area contributed by atoms with Crippen molar-refractivity contribution in [2.24, 2.45) is 11.8 Å². The van der Waals surface area contributed by atoms with Gasteiger partial charge >= 0.3 is 24.5 Å². The molecule has 3 fully saturated rings. The molecule has 17 heteroatoms. The molecule has 2 aliphatic carbocycles. The number of alkyl carbamates (subject to hydrolysis) is 1. The van der Waals surface area contributed by atoms with Gasteiger partial charge in [-0.05, 0) is 43.2 Å². The number of carbonyl (C=O) groups is 2. The molecule has 0 bridgehead atoms. The first-order chi connectivity index (χ1) is 19.1. The van der Waals surface area contributed by atoms with Gasteiger partial charge in [0.1, 0.15) is 6.04 Å². The summed E-state index contributed by atoms with van der Waals surface area (Å²) in [6.45, 7) is -0.816. The second-order valence-electron chi connectivity index (χ2n) is 10.8. The van der Waals surface area contributed by atoms with Crippen LogP contribution in [0.1, 0.15) is 55.8 Å². The Bertz CT molecular complexity index is 1280. The second kappa shape index (κ2) is 10.5. The number of hydrogen-bond donors (Lipinski definition) is 2. The lowest BCUT2D eigenvalue weighted by Gasteiger charge is -2.33. The van der Waals surface area contributed by atoms with Crippen LogP contribution in [0.3, 0.4) is 0 Å². The Morgan fingerprint density at radius 3 is 2.39 bits per heavy atom. The summed E-state index contributed by atoms with van der Waals surface area (Å²) in [5.41, 5.74) is 0.635. The number of imidazole rings is 1. The van der Waals surface area contributed by atoms with Crippen molar-refractivity contribution in [2.75, 3.05) is 6.54 Å².